The van der Waals surface area contributed by atoms with Crippen molar-refractivity contribution in [1.29, 1.82) is 0 Å². The molecular formula is C21H21ClF4N4O3. The van der Waals surface area contributed by atoms with E-state index in [-0.39, 0.29) is 16.6 Å². The number of nitrogens with zero attached hydrogens (tertiary/aromatic N) is 2. The Kier molecular flexibility index (Phi) is 7.62. The maximum Gasteiger partial charge on any atom is 0.417 e. The van der Waals surface area contributed by atoms with Crippen LogP contribution in [0.5, 0.6) is 5.75 Å². The summed E-state index contributed by atoms with van der Waals surface area (Å²) in [4.78, 5) is 30.1. The van der Waals surface area contributed by atoms with Crippen LogP contribution < -0.4 is 20.5 Å². The lowest BCUT2D eigenvalue weighted by molar-refractivity contribution is -0.137. The summed E-state index contributed by atoms with van der Waals surface area (Å²) in [7, 11) is 0. The van der Waals surface area contributed by atoms with Gasteiger partial charge in [-0.15, -0.1) is 0 Å². The molecule has 178 valence electrons. The highest BCUT2D eigenvalue weighted by atomic mass is 35.5. The minimum atomic E-state index is -4.54. The van der Waals surface area contributed by atoms with Crippen molar-refractivity contribution in [3.8, 4) is 5.75 Å². The lowest BCUT2D eigenvalue weighted by Crippen LogP contribution is -2.50. The van der Waals surface area contributed by atoms with Gasteiger partial charge in [0.15, 0.2) is 17.7 Å². The van der Waals surface area contributed by atoms with E-state index in [4.69, 9.17) is 16.3 Å². The molecule has 7 nitrogen and oxygen atoms in total. The number of piperidine rings is 1. The quantitative estimate of drug-likeness (QED) is 0.495. The van der Waals surface area contributed by atoms with Gasteiger partial charge in [0.1, 0.15) is 5.82 Å². The zero-order valence-corrected chi connectivity index (χ0v) is 18.2. The Bertz CT molecular complexity index is 1010. The lowest BCUT2D eigenvalue weighted by atomic mass is 9.96. The molecule has 2 amide bonds. The fraction of sp³-hybridized carbons (Fsp3) is 0.381. The molecule has 0 saturated carbocycles. The third kappa shape index (κ3) is 6.25. The topological polar surface area (TPSA) is 83.6 Å². The number of anilines is 1. The highest BCUT2D eigenvalue weighted by molar-refractivity contribution is 6.33. The molecule has 1 saturated heterocycles. The number of alkyl halides is 3. The van der Waals surface area contributed by atoms with Crippen LogP contribution in [0.25, 0.3) is 0 Å². The van der Waals surface area contributed by atoms with Gasteiger partial charge in [-0.2, -0.15) is 13.2 Å². The Morgan fingerprint density at radius 2 is 1.88 bits per heavy atom. The fourth-order valence-corrected chi connectivity index (χ4v) is 3.57. The van der Waals surface area contributed by atoms with Crippen molar-refractivity contribution >= 4 is 29.2 Å². The number of halogens is 5. The van der Waals surface area contributed by atoms with Crippen molar-refractivity contribution in [1.82, 2.24) is 15.8 Å². The van der Waals surface area contributed by atoms with Gasteiger partial charge in [0, 0.05) is 25.2 Å². The van der Waals surface area contributed by atoms with Crippen LogP contribution in [0.3, 0.4) is 0 Å². The summed E-state index contributed by atoms with van der Waals surface area (Å²) in [5.41, 5.74) is 3.64. The Labute approximate surface area is 192 Å². The number of nitrogens with one attached hydrogen (secondary N) is 2. The molecule has 1 aliphatic heterocycles. The fourth-order valence-electron chi connectivity index (χ4n) is 3.28. The summed E-state index contributed by atoms with van der Waals surface area (Å²) in [5.74, 6) is -2.00. The predicted octanol–water partition coefficient (Wildman–Crippen LogP) is 3.72. The second kappa shape index (κ2) is 10.2. The summed E-state index contributed by atoms with van der Waals surface area (Å²) >= 11 is 5.98. The first-order chi connectivity index (χ1) is 15.6. The molecule has 0 bridgehead atoms. The van der Waals surface area contributed by atoms with E-state index < -0.39 is 41.4 Å². The van der Waals surface area contributed by atoms with Crippen molar-refractivity contribution in [2.75, 3.05) is 18.0 Å². The van der Waals surface area contributed by atoms with Crippen molar-refractivity contribution in [3.05, 3.63) is 52.9 Å². The van der Waals surface area contributed by atoms with Crippen molar-refractivity contribution < 1.29 is 31.9 Å². The number of pyridine rings is 1. The van der Waals surface area contributed by atoms with Crippen LogP contribution in [0.4, 0.5) is 23.4 Å². The second-order valence-corrected chi connectivity index (χ2v) is 7.86. The molecule has 3 rings (SSSR count). The number of hydrogen-bond acceptors (Lipinski definition) is 5. The number of ether oxygens (including phenoxy) is 1. The summed E-state index contributed by atoms with van der Waals surface area (Å²) in [6.07, 6.45) is -4.12. The molecule has 1 unspecified atom stereocenters. The normalized spacial score (nSPS) is 15.6. The Morgan fingerprint density at radius 1 is 1.21 bits per heavy atom. The average Bonchev–Trinajstić information content (AvgIpc) is 2.78. The van der Waals surface area contributed by atoms with Crippen LogP contribution in [0.15, 0.2) is 36.5 Å². The molecule has 33 heavy (non-hydrogen) atoms. The molecular weight excluding hydrogens is 468 g/mol. The average molecular weight is 489 g/mol. The molecule has 1 aliphatic rings. The number of carbonyl (C=O) groups excluding carboxylic acids is 2. The lowest BCUT2D eigenvalue weighted by Gasteiger charge is -2.32. The molecule has 1 aromatic heterocycles. The summed E-state index contributed by atoms with van der Waals surface area (Å²) < 4.78 is 57.2. The number of aromatic nitrogens is 1. The molecule has 1 aromatic carbocycles. The molecule has 1 fully saturated rings. The number of hydrazine groups is 1. The zero-order valence-electron chi connectivity index (χ0n) is 17.5. The summed E-state index contributed by atoms with van der Waals surface area (Å²) in [6, 6.07) is 6.44. The Morgan fingerprint density at radius 3 is 2.48 bits per heavy atom. The van der Waals surface area contributed by atoms with Crippen LogP contribution in [-0.4, -0.2) is 36.0 Å². The van der Waals surface area contributed by atoms with E-state index in [9.17, 15) is 27.2 Å². The van der Waals surface area contributed by atoms with Crippen LogP contribution in [-0.2, 0) is 15.8 Å². The first kappa shape index (κ1) is 24.6. The van der Waals surface area contributed by atoms with Gasteiger partial charge in [-0.05, 0) is 38.0 Å². The zero-order chi connectivity index (χ0) is 24.2. The minimum Gasteiger partial charge on any atom is -0.478 e. The largest absolute Gasteiger partial charge is 0.478 e. The van der Waals surface area contributed by atoms with Gasteiger partial charge in [-0.1, -0.05) is 23.7 Å². The molecule has 0 aliphatic carbocycles. The third-order valence-electron chi connectivity index (χ3n) is 5.13. The highest BCUT2D eigenvalue weighted by Crippen LogP contribution is 2.34. The van der Waals surface area contributed by atoms with Gasteiger partial charge in [0.2, 0.25) is 5.91 Å². The van der Waals surface area contributed by atoms with Crippen LogP contribution in [0.1, 0.15) is 25.3 Å². The van der Waals surface area contributed by atoms with E-state index in [0.29, 0.717) is 25.9 Å². The maximum atomic E-state index is 13.6. The van der Waals surface area contributed by atoms with Crippen LogP contribution >= 0.6 is 11.6 Å². The van der Waals surface area contributed by atoms with E-state index in [0.717, 1.165) is 12.3 Å². The molecule has 12 heteroatoms. The van der Waals surface area contributed by atoms with Crippen molar-refractivity contribution in [3.63, 3.8) is 0 Å². The number of rotatable bonds is 5. The SMILES string of the molecule is CC(Oc1ccccc1F)C(=O)NNC(=O)C1CCN(c2ncc(C(F)(F)F)cc2Cl)CC1. The number of hydrogen-bond donors (Lipinski definition) is 2. The summed E-state index contributed by atoms with van der Waals surface area (Å²) in [6.45, 7) is 2.10. The van der Waals surface area contributed by atoms with E-state index in [1.807, 2.05) is 0 Å². The Hall–Kier alpha value is -3.08. The number of carbonyl (C=O) groups is 2. The third-order valence-corrected chi connectivity index (χ3v) is 5.41. The van der Waals surface area contributed by atoms with Gasteiger partial charge in [-0.25, -0.2) is 9.37 Å². The summed E-state index contributed by atoms with van der Waals surface area (Å²) in [5, 5.41) is -0.121. The van der Waals surface area contributed by atoms with Gasteiger partial charge >= 0.3 is 6.18 Å². The second-order valence-electron chi connectivity index (χ2n) is 7.46. The van der Waals surface area contributed by atoms with Crippen molar-refractivity contribution in [2.24, 2.45) is 5.92 Å². The first-order valence-electron chi connectivity index (χ1n) is 10.0. The Balaban J connectivity index is 1.47. The van der Waals surface area contributed by atoms with E-state index in [1.54, 1.807) is 11.0 Å². The number of amides is 2. The molecule has 2 heterocycles. The molecule has 1 atom stereocenters. The monoisotopic (exact) mass is 488 g/mol. The van der Waals surface area contributed by atoms with E-state index in [1.165, 1.54) is 25.1 Å². The minimum absolute atomic E-state index is 0.0885. The standard InChI is InChI=1S/C21H21ClF4N4O3/c1-12(33-17-5-3-2-4-16(17)23)19(31)28-29-20(32)13-6-8-30(9-7-13)18-15(22)10-14(11-27-18)21(24,25)26/h2-5,10-13H,6-9H2,1H3,(H,28,31)(H,29,32). The van der Waals surface area contributed by atoms with Gasteiger partial charge in [0.05, 0.1) is 10.6 Å². The first-order valence-corrected chi connectivity index (χ1v) is 10.4. The van der Waals surface area contributed by atoms with Gasteiger partial charge in [-0.3, -0.25) is 20.4 Å². The van der Waals surface area contributed by atoms with Gasteiger partial charge in [0.25, 0.3) is 5.91 Å². The molecule has 2 aromatic rings. The molecule has 2 N–H and O–H groups in total. The number of benzene rings is 1. The van der Waals surface area contributed by atoms with Crippen LogP contribution in [0, 0.1) is 11.7 Å². The number of para-hydroxylation sites is 1. The predicted molar refractivity (Wildman–Crippen MR) is 112 cm³/mol. The molecule has 0 spiro atoms. The smallest absolute Gasteiger partial charge is 0.417 e. The van der Waals surface area contributed by atoms with Gasteiger partial charge < -0.3 is 9.64 Å². The van der Waals surface area contributed by atoms with Crippen molar-refractivity contribution in [2.45, 2.75) is 32.0 Å². The maximum absolute atomic E-state index is 13.6. The molecule has 0 radical (unpaired) electrons. The van der Waals surface area contributed by atoms with E-state index >= 15 is 0 Å². The van der Waals surface area contributed by atoms with Crippen LogP contribution in [0.2, 0.25) is 5.02 Å². The highest BCUT2D eigenvalue weighted by Gasteiger charge is 2.33. The van der Waals surface area contributed by atoms with E-state index in [2.05, 4.69) is 15.8 Å².